The SMILES string of the molecule is CCCCCCN(C(=O)C(CC(N)=O)NC(=O)OC(C)(C)C)C(C(=O)Nc1ccc(OC)cc1)c1ccc(O)cc1. The number of aromatic hydroxyl groups is 1. The fraction of sp³-hybridized carbons (Fsp3) is 0.467. The van der Waals surface area contributed by atoms with Gasteiger partial charge >= 0.3 is 6.09 Å². The molecule has 0 spiro atoms. The Bertz CT molecular complexity index is 1160. The number of nitrogens with two attached hydrogens (primary N) is 1. The summed E-state index contributed by atoms with van der Waals surface area (Å²) in [5.41, 5.74) is 5.49. The number of amides is 4. The molecule has 0 saturated heterocycles. The van der Waals surface area contributed by atoms with Gasteiger partial charge in [0.05, 0.1) is 13.5 Å². The first-order chi connectivity index (χ1) is 19.3. The van der Waals surface area contributed by atoms with Crippen LogP contribution in [0.4, 0.5) is 10.5 Å². The van der Waals surface area contributed by atoms with E-state index in [1.807, 2.05) is 0 Å². The summed E-state index contributed by atoms with van der Waals surface area (Å²) < 4.78 is 10.5. The summed E-state index contributed by atoms with van der Waals surface area (Å²) in [4.78, 5) is 53.8. The third-order valence-electron chi connectivity index (χ3n) is 6.06. The van der Waals surface area contributed by atoms with Crippen LogP contribution in [0, 0.1) is 0 Å². The monoisotopic (exact) mass is 570 g/mol. The number of anilines is 1. The molecule has 2 unspecified atom stereocenters. The van der Waals surface area contributed by atoms with Crippen molar-refractivity contribution >= 4 is 29.5 Å². The average Bonchev–Trinajstić information content (AvgIpc) is 2.89. The molecule has 5 N–H and O–H groups in total. The number of primary amides is 1. The summed E-state index contributed by atoms with van der Waals surface area (Å²) in [5.74, 6) is -1.42. The Morgan fingerprint density at radius 3 is 2.15 bits per heavy atom. The van der Waals surface area contributed by atoms with Crippen LogP contribution < -0.4 is 21.1 Å². The lowest BCUT2D eigenvalue weighted by atomic mass is 10.0. The van der Waals surface area contributed by atoms with Gasteiger partial charge in [0.25, 0.3) is 5.91 Å². The molecule has 0 aliphatic carbocycles. The highest BCUT2D eigenvalue weighted by molar-refractivity contribution is 5.99. The number of phenolic OH excluding ortho intramolecular Hbond substituents is 1. The van der Waals surface area contributed by atoms with Crippen molar-refractivity contribution in [2.75, 3.05) is 19.0 Å². The lowest BCUT2D eigenvalue weighted by molar-refractivity contribution is -0.142. The fourth-order valence-corrected chi connectivity index (χ4v) is 4.14. The number of alkyl carbamates (subject to hydrolysis) is 1. The highest BCUT2D eigenvalue weighted by atomic mass is 16.6. The van der Waals surface area contributed by atoms with Crippen LogP contribution in [0.5, 0.6) is 11.5 Å². The molecule has 2 rings (SSSR count). The first-order valence-corrected chi connectivity index (χ1v) is 13.7. The summed E-state index contributed by atoms with van der Waals surface area (Å²) in [7, 11) is 1.53. The second kappa shape index (κ2) is 15.5. The molecular formula is C30H42N4O7. The van der Waals surface area contributed by atoms with E-state index >= 15 is 0 Å². The van der Waals surface area contributed by atoms with Gasteiger partial charge < -0.3 is 35.8 Å². The largest absolute Gasteiger partial charge is 0.508 e. The first-order valence-electron chi connectivity index (χ1n) is 13.7. The Labute approximate surface area is 241 Å². The molecule has 0 aliphatic heterocycles. The number of nitrogens with one attached hydrogen (secondary N) is 2. The number of hydrogen-bond donors (Lipinski definition) is 4. The van der Waals surface area contributed by atoms with Gasteiger partial charge in [0, 0.05) is 12.2 Å². The van der Waals surface area contributed by atoms with E-state index in [9.17, 15) is 24.3 Å². The minimum Gasteiger partial charge on any atom is -0.508 e. The van der Waals surface area contributed by atoms with Crippen LogP contribution in [-0.4, -0.2) is 59.1 Å². The van der Waals surface area contributed by atoms with Crippen LogP contribution in [0.25, 0.3) is 0 Å². The van der Waals surface area contributed by atoms with E-state index < -0.39 is 47.9 Å². The lowest BCUT2D eigenvalue weighted by Gasteiger charge is -2.34. The van der Waals surface area contributed by atoms with Crippen molar-refractivity contribution in [2.24, 2.45) is 5.73 Å². The van der Waals surface area contributed by atoms with E-state index in [4.69, 9.17) is 15.2 Å². The second-order valence-electron chi connectivity index (χ2n) is 10.7. The Hall–Kier alpha value is -4.28. The molecule has 2 atom stereocenters. The zero-order valence-electron chi connectivity index (χ0n) is 24.4. The van der Waals surface area contributed by atoms with Crippen molar-refractivity contribution in [1.82, 2.24) is 10.2 Å². The minimum absolute atomic E-state index is 0.0120. The number of unbranched alkanes of at least 4 members (excludes halogenated alkanes) is 3. The Kier molecular flexibility index (Phi) is 12.4. The van der Waals surface area contributed by atoms with E-state index in [1.54, 1.807) is 57.2 Å². The second-order valence-corrected chi connectivity index (χ2v) is 10.7. The van der Waals surface area contributed by atoms with Crippen molar-refractivity contribution in [3.8, 4) is 11.5 Å². The van der Waals surface area contributed by atoms with Crippen molar-refractivity contribution in [1.29, 1.82) is 0 Å². The minimum atomic E-state index is -1.37. The molecule has 0 radical (unpaired) electrons. The molecule has 0 aliphatic rings. The van der Waals surface area contributed by atoms with E-state index in [-0.39, 0.29) is 12.3 Å². The number of rotatable bonds is 14. The standard InChI is InChI=1S/C30H42N4O7/c1-6-7-8-9-18-34(28(38)24(19-25(31)36)33-29(39)41-30(2,3)4)26(20-10-14-22(35)15-11-20)27(37)32-21-12-16-23(40-5)17-13-21/h10-17,24,26,35H,6-9,18-19H2,1-5H3,(H2,31,36)(H,32,37)(H,33,39). The van der Waals surface area contributed by atoms with E-state index in [1.165, 1.54) is 24.1 Å². The number of methoxy groups -OCH3 is 1. The number of benzene rings is 2. The summed E-state index contributed by atoms with van der Waals surface area (Å²) in [5, 5.41) is 15.2. The molecule has 224 valence electrons. The molecule has 11 nitrogen and oxygen atoms in total. The van der Waals surface area contributed by atoms with Gasteiger partial charge in [-0.05, 0) is 69.2 Å². The zero-order chi connectivity index (χ0) is 30.6. The molecule has 0 heterocycles. The third kappa shape index (κ3) is 11.0. The molecule has 0 fully saturated rings. The summed E-state index contributed by atoms with van der Waals surface area (Å²) >= 11 is 0. The van der Waals surface area contributed by atoms with Crippen LogP contribution in [-0.2, 0) is 19.1 Å². The lowest BCUT2D eigenvalue weighted by Crippen LogP contribution is -2.53. The van der Waals surface area contributed by atoms with Crippen LogP contribution in [0.2, 0.25) is 0 Å². The Morgan fingerprint density at radius 1 is 0.976 bits per heavy atom. The smallest absolute Gasteiger partial charge is 0.408 e. The number of carbonyl (C=O) groups excluding carboxylic acids is 4. The molecule has 0 bridgehead atoms. The Morgan fingerprint density at radius 2 is 1.61 bits per heavy atom. The maximum absolute atomic E-state index is 14.1. The van der Waals surface area contributed by atoms with E-state index in [0.717, 1.165) is 19.3 Å². The summed E-state index contributed by atoms with van der Waals surface area (Å²) in [6.45, 7) is 7.22. The number of nitrogens with zero attached hydrogens (tertiary/aromatic N) is 1. The van der Waals surface area contributed by atoms with Crippen molar-refractivity contribution in [2.45, 2.75) is 77.5 Å². The highest BCUT2D eigenvalue weighted by Crippen LogP contribution is 2.27. The zero-order valence-corrected chi connectivity index (χ0v) is 24.4. The van der Waals surface area contributed by atoms with Gasteiger partial charge in [-0.3, -0.25) is 14.4 Å². The maximum Gasteiger partial charge on any atom is 0.408 e. The van der Waals surface area contributed by atoms with Gasteiger partial charge in [0.2, 0.25) is 11.8 Å². The predicted molar refractivity (Wildman–Crippen MR) is 155 cm³/mol. The molecule has 0 aromatic heterocycles. The molecule has 2 aromatic carbocycles. The number of carbonyl (C=O) groups is 4. The van der Waals surface area contributed by atoms with Gasteiger partial charge in [-0.1, -0.05) is 38.3 Å². The van der Waals surface area contributed by atoms with E-state index in [0.29, 0.717) is 23.4 Å². The van der Waals surface area contributed by atoms with Crippen LogP contribution in [0.1, 0.15) is 71.4 Å². The van der Waals surface area contributed by atoms with Crippen molar-refractivity contribution < 1.29 is 33.8 Å². The fourth-order valence-electron chi connectivity index (χ4n) is 4.14. The van der Waals surface area contributed by atoms with Gasteiger partial charge in [-0.25, -0.2) is 4.79 Å². The van der Waals surface area contributed by atoms with Gasteiger partial charge in [-0.2, -0.15) is 0 Å². The quantitative estimate of drug-likeness (QED) is 0.247. The summed E-state index contributed by atoms with van der Waals surface area (Å²) in [6.07, 6.45) is 1.85. The molecular weight excluding hydrogens is 528 g/mol. The number of hydrogen-bond acceptors (Lipinski definition) is 7. The Balaban J connectivity index is 2.52. The molecule has 41 heavy (non-hydrogen) atoms. The molecule has 11 heteroatoms. The average molecular weight is 571 g/mol. The topological polar surface area (TPSA) is 160 Å². The summed E-state index contributed by atoms with van der Waals surface area (Å²) in [6, 6.07) is 10.1. The van der Waals surface area contributed by atoms with Gasteiger partial charge in [0.1, 0.15) is 29.2 Å². The van der Waals surface area contributed by atoms with Crippen molar-refractivity contribution in [3.63, 3.8) is 0 Å². The van der Waals surface area contributed by atoms with E-state index in [2.05, 4.69) is 17.6 Å². The highest BCUT2D eigenvalue weighted by Gasteiger charge is 2.37. The van der Waals surface area contributed by atoms with Gasteiger partial charge in [0.15, 0.2) is 0 Å². The number of ether oxygens (including phenoxy) is 2. The number of phenols is 1. The molecule has 4 amide bonds. The maximum atomic E-state index is 14.1. The predicted octanol–water partition coefficient (Wildman–Crippen LogP) is 4.26. The van der Waals surface area contributed by atoms with Gasteiger partial charge in [-0.15, -0.1) is 0 Å². The first kappa shape index (κ1) is 32.9. The van der Waals surface area contributed by atoms with Crippen LogP contribution in [0.15, 0.2) is 48.5 Å². The van der Waals surface area contributed by atoms with Crippen molar-refractivity contribution in [3.05, 3.63) is 54.1 Å². The molecule has 2 aromatic rings. The third-order valence-corrected chi connectivity index (χ3v) is 6.06. The normalized spacial score (nSPS) is 12.5. The molecule has 0 saturated carbocycles. The van der Waals surface area contributed by atoms with Crippen LogP contribution >= 0.6 is 0 Å². The van der Waals surface area contributed by atoms with Crippen LogP contribution in [0.3, 0.4) is 0 Å².